The second-order valence-corrected chi connectivity index (χ2v) is 5.34. The molecule has 2 bridgehead atoms. The fourth-order valence-electron chi connectivity index (χ4n) is 3.20. The van der Waals surface area contributed by atoms with Crippen molar-refractivity contribution in [3.05, 3.63) is 17.8 Å². The van der Waals surface area contributed by atoms with Crippen molar-refractivity contribution >= 4 is 17.5 Å². The SMILES string of the molecule is CCOC(=O)c1cc(N2CC3CCC2C3)ncc1N. The van der Waals surface area contributed by atoms with Crippen LogP contribution in [0.4, 0.5) is 11.5 Å². The number of piperidine rings is 1. The van der Waals surface area contributed by atoms with Crippen molar-refractivity contribution in [1.29, 1.82) is 0 Å². The smallest absolute Gasteiger partial charge is 0.340 e. The molecule has 3 rings (SSSR count). The van der Waals surface area contributed by atoms with E-state index in [9.17, 15) is 4.79 Å². The third-order valence-corrected chi connectivity index (χ3v) is 4.12. The second kappa shape index (κ2) is 4.72. The zero-order chi connectivity index (χ0) is 13.4. The lowest BCUT2D eigenvalue weighted by atomic mass is 10.1. The predicted molar refractivity (Wildman–Crippen MR) is 73.1 cm³/mol. The van der Waals surface area contributed by atoms with Gasteiger partial charge in [-0.1, -0.05) is 0 Å². The quantitative estimate of drug-likeness (QED) is 0.841. The van der Waals surface area contributed by atoms with Gasteiger partial charge in [0, 0.05) is 12.6 Å². The number of nitrogens with two attached hydrogens (primary N) is 1. The maximum Gasteiger partial charge on any atom is 0.340 e. The van der Waals surface area contributed by atoms with Gasteiger partial charge in [0.1, 0.15) is 5.82 Å². The Morgan fingerprint density at radius 2 is 2.42 bits per heavy atom. The second-order valence-electron chi connectivity index (χ2n) is 5.34. The summed E-state index contributed by atoms with van der Waals surface area (Å²) < 4.78 is 5.02. The Morgan fingerprint density at radius 3 is 3.05 bits per heavy atom. The zero-order valence-corrected chi connectivity index (χ0v) is 11.1. The van der Waals surface area contributed by atoms with E-state index in [1.165, 1.54) is 19.3 Å². The normalized spacial score (nSPS) is 24.8. The first-order valence-electron chi connectivity index (χ1n) is 6.88. The first kappa shape index (κ1) is 12.3. The van der Waals surface area contributed by atoms with Crippen LogP contribution in [-0.2, 0) is 4.74 Å². The number of ether oxygens (including phenoxy) is 1. The average molecular weight is 261 g/mol. The maximum atomic E-state index is 11.8. The van der Waals surface area contributed by atoms with Gasteiger partial charge in [-0.2, -0.15) is 0 Å². The van der Waals surface area contributed by atoms with Crippen molar-refractivity contribution in [2.24, 2.45) is 5.92 Å². The minimum Gasteiger partial charge on any atom is -0.462 e. The van der Waals surface area contributed by atoms with E-state index < -0.39 is 0 Å². The lowest BCUT2D eigenvalue weighted by Crippen LogP contribution is -2.32. The Kier molecular flexibility index (Phi) is 3.05. The number of fused-ring (bicyclic) bond motifs is 2. The summed E-state index contributed by atoms with van der Waals surface area (Å²) in [6.45, 7) is 3.18. The van der Waals surface area contributed by atoms with Gasteiger partial charge >= 0.3 is 5.97 Å². The van der Waals surface area contributed by atoms with Crippen molar-refractivity contribution in [2.45, 2.75) is 32.2 Å². The van der Waals surface area contributed by atoms with E-state index in [0.717, 1.165) is 18.3 Å². The van der Waals surface area contributed by atoms with Crippen LogP contribution in [0.25, 0.3) is 0 Å². The molecule has 1 aromatic heterocycles. The molecule has 19 heavy (non-hydrogen) atoms. The summed E-state index contributed by atoms with van der Waals surface area (Å²) in [5, 5.41) is 0. The molecule has 1 aromatic rings. The maximum absolute atomic E-state index is 11.8. The molecule has 5 heteroatoms. The zero-order valence-electron chi connectivity index (χ0n) is 11.1. The number of rotatable bonds is 3. The van der Waals surface area contributed by atoms with Crippen LogP contribution >= 0.6 is 0 Å². The number of anilines is 2. The highest BCUT2D eigenvalue weighted by molar-refractivity contribution is 5.95. The van der Waals surface area contributed by atoms with Crippen LogP contribution in [0.3, 0.4) is 0 Å². The number of aromatic nitrogens is 1. The summed E-state index contributed by atoms with van der Waals surface area (Å²) in [7, 11) is 0. The molecule has 2 heterocycles. The molecule has 1 aliphatic carbocycles. The van der Waals surface area contributed by atoms with Crippen LogP contribution in [0.15, 0.2) is 12.3 Å². The fraction of sp³-hybridized carbons (Fsp3) is 0.571. The summed E-state index contributed by atoms with van der Waals surface area (Å²) in [4.78, 5) is 18.5. The monoisotopic (exact) mass is 261 g/mol. The number of carbonyl (C=O) groups is 1. The number of hydrogen-bond donors (Lipinski definition) is 1. The molecule has 0 spiro atoms. The van der Waals surface area contributed by atoms with E-state index in [1.807, 2.05) is 0 Å². The Hall–Kier alpha value is -1.78. The topological polar surface area (TPSA) is 68.5 Å². The predicted octanol–water partition coefficient (Wildman–Crippen LogP) is 1.83. The Bertz CT molecular complexity index is 503. The number of hydrogen-bond acceptors (Lipinski definition) is 5. The third kappa shape index (κ3) is 2.13. The summed E-state index contributed by atoms with van der Waals surface area (Å²) in [5.41, 5.74) is 6.62. The van der Waals surface area contributed by atoms with E-state index in [1.54, 1.807) is 19.2 Å². The Morgan fingerprint density at radius 1 is 1.58 bits per heavy atom. The first-order chi connectivity index (χ1) is 9.19. The van der Waals surface area contributed by atoms with Crippen molar-refractivity contribution in [3.63, 3.8) is 0 Å². The van der Waals surface area contributed by atoms with Gasteiger partial charge in [0.05, 0.1) is 24.1 Å². The van der Waals surface area contributed by atoms with Crippen LogP contribution in [0, 0.1) is 5.92 Å². The molecule has 1 saturated heterocycles. The van der Waals surface area contributed by atoms with Crippen molar-refractivity contribution in [3.8, 4) is 0 Å². The molecule has 2 aliphatic rings. The summed E-state index contributed by atoms with van der Waals surface area (Å²) in [5.74, 6) is 1.27. The molecule has 1 saturated carbocycles. The van der Waals surface area contributed by atoms with E-state index in [0.29, 0.717) is 23.9 Å². The van der Waals surface area contributed by atoms with Crippen LogP contribution in [0.2, 0.25) is 0 Å². The van der Waals surface area contributed by atoms with Crippen molar-refractivity contribution < 1.29 is 9.53 Å². The van der Waals surface area contributed by atoms with E-state index >= 15 is 0 Å². The number of nitrogen functional groups attached to an aromatic ring is 1. The molecule has 0 aromatic carbocycles. The van der Waals surface area contributed by atoms with Gasteiger partial charge in [-0.25, -0.2) is 9.78 Å². The van der Waals surface area contributed by atoms with Crippen molar-refractivity contribution in [2.75, 3.05) is 23.8 Å². The van der Waals surface area contributed by atoms with E-state index in [4.69, 9.17) is 10.5 Å². The van der Waals surface area contributed by atoms with Crippen LogP contribution in [0.1, 0.15) is 36.5 Å². The number of esters is 1. The number of carbonyl (C=O) groups excluding carboxylic acids is 1. The highest BCUT2D eigenvalue weighted by Crippen LogP contribution is 2.39. The Balaban J connectivity index is 1.87. The van der Waals surface area contributed by atoms with Gasteiger partial charge in [-0.3, -0.25) is 0 Å². The fourth-order valence-corrected chi connectivity index (χ4v) is 3.20. The molecule has 102 valence electrons. The van der Waals surface area contributed by atoms with Gasteiger partial charge in [-0.15, -0.1) is 0 Å². The summed E-state index contributed by atoms with van der Waals surface area (Å²) in [6.07, 6.45) is 5.36. The highest BCUT2D eigenvalue weighted by Gasteiger charge is 2.38. The Labute approximate surface area is 112 Å². The van der Waals surface area contributed by atoms with Gasteiger partial charge in [0.25, 0.3) is 0 Å². The van der Waals surface area contributed by atoms with Gasteiger partial charge in [0.2, 0.25) is 0 Å². The van der Waals surface area contributed by atoms with Crippen molar-refractivity contribution in [1.82, 2.24) is 4.98 Å². The van der Waals surface area contributed by atoms with Gasteiger partial charge < -0.3 is 15.4 Å². The summed E-state index contributed by atoms with van der Waals surface area (Å²) >= 11 is 0. The molecule has 0 amide bonds. The number of pyridine rings is 1. The minimum absolute atomic E-state index is 0.352. The molecular weight excluding hydrogens is 242 g/mol. The largest absolute Gasteiger partial charge is 0.462 e. The summed E-state index contributed by atoms with van der Waals surface area (Å²) in [6, 6.07) is 2.35. The average Bonchev–Trinajstić information content (AvgIpc) is 3.02. The molecule has 2 atom stereocenters. The molecule has 0 radical (unpaired) electrons. The highest BCUT2D eigenvalue weighted by atomic mass is 16.5. The first-order valence-corrected chi connectivity index (χ1v) is 6.88. The lowest BCUT2D eigenvalue weighted by Gasteiger charge is -2.28. The standard InChI is InChI=1S/C14H19N3O2/c1-2-19-14(18)11-6-13(16-7-12(11)15)17-8-9-3-4-10(17)5-9/h6-7,9-10H,2-5,8,15H2,1H3. The molecular formula is C14H19N3O2. The van der Waals surface area contributed by atoms with E-state index in [-0.39, 0.29) is 5.97 Å². The van der Waals surface area contributed by atoms with Gasteiger partial charge in [-0.05, 0) is 38.2 Å². The lowest BCUT2D eigenvalue weighted by molar-refractivity contribution is 0.0527. The molecule has 2 fully saturated rings. The third-order valence-electron chi connectivity index (χ3n) is 4.12. The van der Waals surface area contributed by atoms with Crippen LogP contribution < -0.4 is 10.6 Å². The van der Waals surface area contributed by atoms with Crippen LogP contribution in [-0.4, -0.2) is 30.1 Å². The molecule has 2 unspecified atom stereocenters. The number of nitrogens with zero attached hydrogens (tertiary/aromatic N) is 2. The minimum atomic E-state index is -0.368. The van der Waals surface area contributed by atoms with E-state index in [2.05, 4.69) is 9.88 Å². The van der Waals surface area contributed by atoms with Crippen LogP contribution in [0.5, 0.6) is 0 Å². The molecule has 2 N–H and O–H groups in total. The molecule has 1 aliphatic heterocycles. The van der Waals surface area contributed by atoms with Gasteiger partial charge in [0.15, 0.2) is 0 Å². The molecule has 5 nitrogen and oxygen atoms in total.